The Balaban J connectivity index is 1.75. The first-order chi connectivity index (χ1) is 6.95. The smallest absolute Gasteiger partial charge is 0.183 e. The van der Waals surface area contributed by atoms with Crippen LogP contribution in [-0.4, -0.2) is 38.1 Å². The van der Waals surface area contributed by atoms with E-state index in [2.05, 4.69) is 9.98 Å². The molecule has 0 saturated heterocycles. The predicted molar refractivity (Wildman–Crippen MR) is 55.0 cm³/mol. The summed E-state index contributed by atoms with van der Waals surface area (Å²) in [6.45, 7) is 3.43. The molecule has 0 atom stereocenters. The second kappa shape index (κ2) is 4.98. The molecule has 0 fully saturated rings. The number of hydrogen-bond donors (Lipinski definition) is 0. The highest BCUT2D eigenvalue weighted by molar-refractivity contribution is 5.84. The monoisotopic (exact) mass is 196 g/mol. The fraction of sp³-hybridized carbons (Fsp3) is 0.800. The zero-order valence-electron chi connectivity index (χ0n) is 8.37. The summed E-state index contributed by atoms with van der Waals surface area (Å²) in [5.74, 6) is 1.74. The number of rotatable bonds is 3. The molecule has 0 aromatic rings. The molecule has 14 heavy (non-hydrogen) atoms. The van der Waals surface area contributed by atoms with Gasteiger partial charge in [-0.05, 0) is 0 Å². The largest absolute Gasteiger partial charge is 0.481 e. The molecule has 0 aromatic heterocycles. The van der Waals surface area contributed by atoms with Crippen LogP contribution in [0.1, 0.15) is 25.7 Å². The third-order valence-electron chi connectivity index (χ3n) is 2.27. The van der Waals surface area contributed by atoms with Crippen molar-refractivity contribution in [2.75, 3.05) is 26.3 Å². The summed E-state index contributed by atoms with van der Waals surface area (Å²) in [6, 6.07) is 0. The molecule has 4 heteroatoms. The van der Waals surface area contributed by atoms with Crippen LogP contribution in [0.2, 0.25) is 0 Å². The van der Waals surface area contributed by atoms with Gasteiger partial charge in [-0.3, -0.25) is 9.98 Å². The lowest BCUT2D eigenvalue weighted by Crippen LogP contribution is -2.18. The molecule has 4 nitrogen and oxygen atoms in total. The number of ether oxygens (including phenoxy) is 2. The van der Waals surface area contributed by atoms with E-state index in [1.54, 1.807) is 0 Å². The van der Waals surface area contributed by atoms with E-state index in [1.165, 1.54) is 0 Å². The predicted octanol–water partition coefficient (Wildman–Crippen LogP) is 1.40. The first-order valence-corrected chi connectivity index (χ1v) is 5.27. The molecule has 0 saturated carbocycles. The first kappa shape index (κ1) is 9.49. The molecule has 0 amide bonds. The van der Waals surface area contributed by atoms with Gasteiger partial charge < -0.3 is 9.47 Å². The van der Waals surface area contributed by atoms with Gasteiger partial charge in [-0.25, -0.2) is 0 Å². The highest BCUT2D eigenvalue weighted by atomic mass is 16.5. The van der Waals surface area contributed by atoms with Crippen LogP contribution in [0.25, 0.3) is 0 Å². The molecular weight excluding hydrogens is 180 g/mol. The van der Waals surface area contributed by atoms with Crippen LogP contribution in [0.15, 0.2) is 9.98 Å². The van der Waals surface area contributed by atoms with Gasteiger partial charge in [0.25, 0.3) is 0 Å². The maximum atomic E-state index is 5.41. The Labute approximate surface area is 84.0 Å². The van der Waals surface area contributed by atoms with Crippen LogP contribution in [0, 0.1) is 0 Å². The quantitative estimate of drug-likeness (QED) is 0.684. The van der Waals surface area contributed by atoms with Gasteiger partial charge in [-0.15, -0.1) is 0 Å². The number of nitrogens with zero attached hydrogens (tertiary/aromatic N) is 2. The molecule has 0 spiro atoms. The van der Waals surface area contributed by atoms with Gasteiger partial charge in [0, 0.05) is 38.8 Å². The molecule has 2 rings (SSSR count). The van der Waals surface area contributed by atoms with E-state index >= 15 is 0 Å². The molecule has 78 valence electrons. The van der Waals surface area contributed by atoms with E-state index in [9.17, 15) is 0 Å². The van der Waals surface area contributed by atoms with Crippen LogP contribution in [-0.2, 0) is 9.47 Å². The van der Waals surface area contributed by atoms with E-state index in [-0.39, 0.29) is 0 Å². The summed E-state index contributed by atoms with van der Waals surface area (Å²) in [5.41, 5.74) is 0. The molecule has 0 bridgehead atoms. The molecule has 0 aromatic carbocycles. The van der Waals surface area contributed by atoms with Crippen molar-refractivity contribution in [1.82, 2.24) is 0 Å². The third kappa shape index (κ3) is 2.72. The minimum Gasteiger partial charge on any atom is -0.481 e. The summed E-state index contributed by atoms with van der Waals surface area (Å²) < 4.78 is 10.8. The number of hydrogen-bond acceptors (Lipinski definition) is 4. The van der Waals surface area contributed by atoms with Crippen molar-refractivity contribution < 1.29 is 9.47 Å². The number of aliphatic imine (C=N–C) groups is 2. The fourth-order valence-electron chi connectivity index (χ4n) is 1.52. The van der Waals surface area contributed by atoms with E-state index in [0.29, 0.717) is 0 Å². The minimum absolute atomic E-state index is 0.812. The van der Waals surface area contributed by atoms with E-state index in [4.69, 9.17) is 9.47 Å². The zero-order chi connectivity index (χ0) is 9.64. The average Bonchev–Trinajstić information content (AvgIpc) is 2.29. The maximum absolute atomic E-state index is 5.41. The van der Waals surface area contributed by atoms with Crippen LogP contribution in [0.4, 0.5) is 0 Å². The van der Waals surface area contributed by atoms with Crippen molar-refractivity contribution >= 4 is 11.8 Å². The molecule has 0 unspecified atom stereocenters. The molecule has 2 aliphatic rings. The second-order valence-electron chi connectivity index (χ2n) is 3.45. The lowest BCUT2D eigenvalue weighted by molar-refractivity contribution is 0.263. The Morgan fingerprint density at radius 1 is 0.857 bits per heavy atom. The van der Waals surface area contributed by atoms with Gasteiger partial charge in [0.05, 0.1) is 13.2 Å². The van der Waals surface area contributed by atoms with Gasteiger partial charge >= 0.3 is 0 Å². The van der Waals surface area contributed by atoms with Gasteiger partial charge in [-0.1, -0.05) is 0 Å². The lowest BCUT2D eigenvalue weighted by atomic mass is 10.2. The molecule has 0 radical (unpaired) electrons. The van der Waals surface area contributed by atoms with Crippen molar-refractivity contribution in [3.8, 4) is 0 Å². The molecule has 2 heterocycles. The van der Waals surface area contributed by atoms with Crippen LogP contribution >= 0.6 is 0 Å². The third-order valence-corrected chi connectivity index (χ3v) is 2.27. The summed E-state index contributed by atoms with van der Waals surface area (Å²) in [7, 11) is 0. The average molecular weight is 196 g/mol. The second-order valence-corrected chi connectivity index (χ2v) is 3.45. The molecule has 2 aliphatic heterocycles. The van der Waals surface area contributed by atoms with Gasteiger partial charge in [0.15, 0.2) is 11.8 Å². The van der Waals surface area contributed by atoms with Crippen LogP contribution in [0.5, 0.6) is 0 Å². The lowest BCUT2D eigenvalue weighted by Gasteiger charge is -2.16. The molecule has 0 aliphatic carbocycles. The van der Waals surface area contributed by atoms with E-state index in [1.807, 2.05) is 0 Å². The topological polar surface area (TPSA) is 43.2 Å². The van der Waals surface area contributed by atoms with Crippen molar-refractivity contribution in [2.45, 2.75) is 25.7 Å². The fourth-order valence-corrected chi connectivity index (χ4v) is 1.52. The van der Waals surface area contributed by atoms with Crippen LogP contribution < -0.4 is 0 Å². The van der Waals surface area contributed by atoms with Crippen molar-refractivity contribution in [3.63, 3.8) is 0 Å². The first-order valence-electron chi connectivity index (χ1n) is 5.27. The summed E-state index contributed by atoms with van der Waals surface area (Å²) in [4.78, 5) is 8.60. The Morgan fingerprint density at radius 2 is 1.36 bits per heavy atom. The normalized spacial score (nSPS) is 21.7. The van der Waals surface area contributed by atoms with Gasteiger partial charge in [-0.2, -0.15) is 0 Å². The standard InChI is InChI=1S/C10H16N2O2/c1-5-11-9(13-7-1)3-4-10-12-6-2-8-14-10/h1-8H2. The summed E-state index contributed by atoms with van der Waals surface area (Å²) in [6.07, 6.45) is 3.75. The van der Waals surface area contributed by atoms with Gasteiger partial charge in [0.2, 0.25) is 0 Å². The van der Waals surface area contributed by atoms with Crippen molar-refractivity contribution in [3.05, 3.63) is 0 Å². The van der Waals surface area contributed by atoms with E-state index < -0.39 is 0 Å². The van der Waals surface area contributed by atoms with Crippen molar-refractivity contribution in [2.24, 2.45) is 9.98 Å². The zero-order valence-corrected chi connectivity index (χ0v) is 8.37. The maximum Gasteiger partial charge on any atom is 0.183 e. The highest BCUT2D eigenvalue weighted by Gasteiger charge is 2.10. The minimum atomic E-state index is 0.812. The van der Waals surface area contributed by atoms with E-state index in [0.717, 1.165) is 63.8 Å². The highest BCUT2D eigenvalue weighted by Crippen LogP contribution is 2.07. The Bertz CT molecular complexity index is 223. The molecule has 0 N–H and O–H groups in total. The summed E-state index contributed by atoms with van der Waals surface area (Å²) >= 11 is 0. The summed E-state index contributed by atoms with van der Waals surface area (Å²) in [5, 5.41) is 0. The Kier molecular flexibility index (Phi) is 3.38. The molecular formula is C10H16N2O2. The Morgan fingerprint density at radius 3 is 1.71 bits per heavy atom. The SMILES string of the molecule is C1CN=C(CCC2=NCCCO2)OC1. The van der Waals surface area contributed by atoms with Crippen molar-refractivity contribution in [1.29, 1.82) is 0 Å². The van der Waals surface area contributed by atoms with Crippen LogP contribution in [0.3, 0.4) is 0 Å². The Hall–Kier alpha value is -1.06. The van der Waals surface area contributed by atoms with Gasteiger partial charge in [0.1, 0.15) is 0 Å².